The van der Waals surface area contributed by atoms with Crippen LogP contribution in [0, 0.1) is 13.8 Å². The molecule has 0 aliphatic carbocycles. The van der Waals surface area contributed by atoms with E-state index in [1.807, 2.05) is 26.0 Å². The van der Waals surface area contributed by atoms with Gasteiger partial charge in [0.25, 0.3) is 0 Å². The Bertz CT molecular complexity index is 884. The number of aliphatic carboxylic acids is 1. The fraction of sp³-hybridized carbons (Fsp3) is 0.421. The fourth-order valence-electron chi connectivity index (χ4n) is 2.87. The first kappa shape index (κ1) is 19.5. The number of amides is 1. The van der Waals surface area contributed by atoms with Crippen molar-refractivity contribution in [1.82, 2.24) is 5.32 Å². The third-order valence-electron chi connectivity index (χ3n) is 4.36. The van der Waals surface area contributed by atoms with E-state index in [0.29, 0.717) is 23.3 Å². The predicted octanol–water partition coefficient (Wildman–Crippen LogP) is 0.997. The molecule has 0 spiro atoms. The first-order valence-corrected chi connectivity index (χ1v) is 8.41. The SMILES string of the molecule is COc1ccc2c(C)c(CCC(=O)NCCCC(=O)[O-])c(=O)oc2c1C. The smallest absolute Gasteiger partial charge is 0.339 e. The van der Waals surface area contributed by atoms with Crippen molar-refractivity contribution in [3.8, 4) is 5.75 Å². The number of hydrogen-bond acceptors (Lipinski definition) is 6. The first-order chi connectivity index (χ1) is 12.3. The number of fused-ring (bicyclic) bond motifs is 1. The van der Waals surface area contributed by atoms with Crippen LogP contribution >= 0.6 is 0 Å². The van der Waals surface area contributed by atoms with Gasteiger partial charge in [0.1, 0.15) is 11.3 Å². The lowest BCUT2D eigenvalue weighted by Gasteiger charge is -2.11. The van der Waals surface area contributed by atoms with Crippen LogP contribution in [-0.2, 0) is 16.0 Å². The fourth-order valence-corrected chi connectivity index (χ4v) is 2.87. The van der Waals surface area contributed by atoms with E-state index in [0.717, 1.165) is 16.5 Å². The number of aryl methyl sites for hydroxylation is 2. The average Bonchev–Trinajstić information content (AvgIpc) is 2.59. The number of carboxylic acid groups (broad SMARTS) is 1. The maximum atomic E-state index is 12.3. The maximum absolute atomic E-state index is 12.3. The lowest BCUT2D eigenvalue weighted by atomic mass is 10.0. The van der Waals surface area contributed by atoms with Gasteiger partial charge in [0.05, 0.1) is 7.11 Å². The van der Waals surface area contributed by atoms with Gasteiger partial charge in [-0.3, -0.25) is 4.79 Å². The predicted molar refractivity (Wildman–Crippen MR) is 94.1 cm³/mol. The molecular formula is C19H22NO6-. The molecule has 7 heteroatoms. The van der Waals surface area contributed by atoms with E-state index in [1.165, 1.54) is 0 Å². The third-order valence-corrected chi connectivity index (χ3v) is 4.36. The van der Waals surface area contributed by atoms with Crippen molar-refractivity contribution in [2.45, 2.75) is 39.5 Å². The minimum absolute atomic E-state index is 0.101. The summed E-state index contributed by atoms with van der Waals surface area (Å²) >= 11 is 0. The highest BCUT2D eigenvalue weighted by atomic mass is 16.5. The highest BCUT2D eigenvalue weighted by Crippen LogP contribution is 2.29. The first-order valence-electron chi connectivity index (χ1n) is 8.41. The van der Waals surface area contributed by atoms with Crippen LogP contribution in [-0.4, -0.2) is 25.5 Å². The van der Waals surface area contributed by atoms with Crippen LogP contribution in [0.5, 0.6) is 5.75 Å². The summed E-state index contributed by atoms with van der Waals surface area (Å²) in [5.41, 5.74) is 2.03. The topological polar surface area (TPSA) is 109 Å². The van der Waals surface area contributed by atoms with Gasteiger partial charge in [-0.2, -0.15) is 0 Å². The summed E-state index contributed by atoms with van der Waals surface area (Å²) in [5.74, 6) is -0.743. The molecule has 0 saturated carbocycles. The zero-order chi connectivity index (χ0) is 19.3. The molecule has 0 radical (unpaired) electrons. The highest BCUT2D eigenvalue weighted by molar-refractivity contribution is 5.85. The number of benzene rings is 1. The van der Waals surface area contributed by atoms with Crippen LogP contribution in [0.3, 0.4) is 0 Å². The quantitative estimate of drug-likeness (QED) is 0.556. The molecule has 0 atom stereocenters. The molecule has 1 aromatic carbocycles. The van der Waals surface area contributed by atoms with Crippen molar-refractivity contribution < 1.29 is 23.8 Å². The molecule has 1 amide bonds. The molecule has 0 saturated heterocycles. The number of carbonyl (C=O) groups excluding carboxylic acids is 2. The van der Waals surface area contributed by atoms with Gasteiger partial charge >= 0.3 is 5.63 Å². The van der Waals surface area contributed by atoms with Crippen molar-refractivity contribution in [3.63, 3.8) is 0 Å². The Labute approximate surface area is 151 Å². The molecular weight excluding hydrogens is 338 g/mol. The molecule has 26 heavy (non-hydrogen) atoms. The monoisotopic (exact) mass is 360 g/mol. The zero-order valence-electron chi connectivity index (χ0n) is 15.1. The number of nitrogens with one attached hydrogen (secondary N) is 1. The minimum atomic E-state index is -1.14. The third kappa shape index (κ3) is 4.41. The summed E-state index contributed by atoms with van der Waals surface area (Å²) in [6.07, 6.45) is 0.585. The molecule has 2 rings (SSSR count). The van der Waals surface area contributed by atoms with Crippen molar-refractivity contribution in [2.75, 3.05) is 13.7 Å². The Morgan fingerprint density at radius 3 is 2.58 bits per heavy atom. The van der Waals surface area contributed by atoms with E-state index >= 15 is 0 Å². The minimum Gasteiger partial charge on any atom is -0.550 e. The van der Waals surface area contributed by atoms with Gasteiger partial charge in [-0.25, -0.2) is 4.79 Å². The number of hydrogen-bond donors (Lipinski definition) is 1. The molecule has 0 unspecified atom stereocenters. The normalized spacial score (nSPS) is 10.7. The molecule has 7 nitrogen and oxygen atoms in total. The van der Waals surface area contributed by atoms with Crippen LogP contribution in [0.4, 0.5) is 0 Å². The number of rotatable bonds is 8. The largest absolute Gasteiger partial charge is 0.550 e. The van der Waals surface area contributed by atoms with Crippen molar-refractivity contribution in [1.29, 1.82) is 0 Å². The van der Waals surface area contributed by atoms with Crippen LogP contribution in [0.15, 0.2) is 21.3 Å². The van der Waals surface area contributed by atoms with Crippen molar-refractivity contribution in [2.24, 2.45) is 0 Å². The van der Waals surface area contributed by atoms with E-state index in [2.05, 4.69) is 5.32 Å². The van der Waals surface area contributed by atoms with Gasteiger partial charge in [0.15, 0.2) is 0 Å². The van der Waals surface area contributed by atoms with Gasteiger partial charge < -0.3 is 24.4 Å². The standard InChI is InChI=1S/C19H23NO6/c1-11-13-6-8-15(25-3)12(2)18(13)26-19(24)14(11)7-9-16(21)20-10-4-5-17(22)23/h6,8H,4-5,7,9-10H2,1-3H3,(H,20,21)(H,22,23)/p-1. The second-order valence-corrected chi connectivity index (χ2v) is 6.09. The van der Waals surface area contributed by atoms with Crippen LogP contribution in [0.25, 0.3) is 11.0 Å². The van der Waals surface area contributed by atoms with Crippen LogP contribution in [0.2, 0.25) is 0 Å². The highest BCUT2D eigenvalue weighted by Gasteiger charge is 2.15. The number of carbonyl (C=O) groups is 2. The summed E-state index contributed by atoms with van der Waals surface area (Å²) in [4.78, 5) is 34.5. The van der Waals surface area contributed by atoms with E-state index < -0.39 is 11.6 Å². The summed E-state index contributed by atoms with van der Waals surface area (Å²) in [7, 11) is 1.55. The Kier molecular flexibility index (Phi) is 6.38. The van der Waals surface area contributed by atoms with Crippen LogP contribution < -0.4 is 20.8 Å². The van der Waals surface area contributed by atoms with E-state index in [1.54, 1.807) is 7.11 Å². The number of carboxylic acids is 1. The molecule has 2 aromatic rings. The van der Waals surface area contributed by atoms with Crippen molar-refractivity contribution >= 4 is 22.8 Å². The molecule has 0 aliphatic heterocycles. The molecule has 140 valence electrons. The maximum Gasteiger partial charge on any atom is 0.339 e. The van der Waals surface area contributed by atoms with Gasteiger partial charge in [0, 0.05) is 35.4 Å². The summed E-state index contributed by atoms with van der Waals surface area (Å²) in [6, 6.07) is 3.65. The van der Waals surface area contributed by atoms with Gasteiger partial charge in [-0.05, 0) is 50.8 Å². The van der Waals surface area contributed by atoms with E-state index in [9.17, 15) is 19.5 Å². The molecule has 0 fully saturated rings. The summed E-state index contributed by atoms with van der Waals surface area (Å²) < 4.78 is 10.7. The molecule has 1 N–H and O–H groups in total. The Morgan fingerprint density at radius 1 is 1.19 bits per heavy atom. The lowest BCUT2D eigenvalue weighted by molar-refractivity contribution is -0.305. The van der Waals surface area contributed by atoms with E-state index in [4.69, 9.17) is 9.15 Å². The second kappa shape index (κ2) is 8.51. The molecule has 0 bridgehead atoms. The average molecular weight is 360 g/mol. The Morgan fingerprint density at radius 2 is 1.92 bits per heavy atom. The second-order valence-electron chi connectivity index (χ2n) is 6.09. The molecule has 1 heterocycles. The Hall–Kier alpha value is -2.83. The molecule has 1 aromatic heterocycles. The molecule has 0 aliphatic rings. The van der Waals surface area contributed by atoms with Crippen LogP contribution in [0.1, 0.15) is 36.0 Å². The number of ether oxygens (including phenoxy) is 1. The van der Waals surface area contributed by atoms with Gasteiger partial charge in [-0.1, -0.05) is 0 Å². The Balaban J connectivity index is 2.12. The lowest BCUT2D eigenvalue weighted by Crippen LogP contribution is -2.28. The zero-order valence-corrected chi connectivity index (χ0v) is 15.1. The van der Waals surface area contributed by atoms with Gasteiger partial charge in [0.2, 0.25) is 5.91 Å². The van der Waals surface area contributed by atoms with Crippen molar-refractivity contribution in [3.05, 3.63) is 39.2 Å². The summed E-state index contributed by atoms with van der Waals surface area (Å²) in [6.45, 7) is 3.92. The van der Waals surface area contributed by atoms with Gasteiger partial charge in [-0.15, -0.1) is 0 Å². The summed E-state index contributed by atoms with van der Waals surface area (Å²) in [5, 5.41) is 13.8. The van der Waals surface area contributed by atoms with E-state index in [-0.39, 0.29) is 31.7 Å². The number of methoxy groups -OCH3 is 1.